The van der Waals surface area contributed by atoms with Gasteiger partial charge in [0.1, 0.15) is 5.54 Å². The zero-order chi connectivity index (χ0) is 12.9. The summed E-state index contributed by atoms with van der Waals surface area (Å²) in [5, 5.41) is 16.5. The molecule has 1 heterocycles. The van der Waals surface area contributed by atoms with Gasteiger partial charge in [0.05, 0.1) is 6.04 Å². The molecule has 1 aromatic heterocycles. The maximum absolute atomic E-state index is 11.3. The van der Waals surface area contributed by atoms with Crippen LogP contribution in [-0.4, -0.2) is 32.9 Å². The van der Waals surface area contributed by atoms with Crippen molar-refractivity contribution < 1.29 is 9.90 Å². The average molecular weight is 239 g/mol. The topological polar surface area (TPSA) is 67.2 Å². The molecular formula is C12H21N3O2. The Labute approximate surface area is 102 Å². The zero-order valence-corrected chi connectivity index (χ0v) is 10.7. The molecule has 0 aliphatic heterocycles. The minimum absolute atomic E-state index is 0.0513. The van der Waals surface area contributed by atoms with Crippen molar-refractivity contribution in [2.24, 2.45) is 0 Å². The molecule has 96 valence electrons. The van der Waals surface area contributed by atoms with Gasteiger partial charge in [-0.2, -0.15) is 5.10 Å². The molecule has 0 fully saturated rings. The van der Waals surface area contributed by atoms with Crippen LogP contribution in [0, 0.1) is 0 Å². The van der Waals surface area contributed by atoms with E-state index in [4.69, 9.17) is 0 Å². The number of rotatable bonds is 7. The van der Waals surface area contributed by atoms with E-state index in [9.17, 15) is 9.90 Å². The monoisotopic (exact) mass is 239 g/mol. The van der Waals surface area contributed by atoms with Crippen molar-refractivity contribution in [1.29, 1.82) is 0 Å². The minimum atomic E-state index is -0.901. The lowest BCUT2D eigenvalue weighted by molar-refractivity contribution is -0.144. The summed E-state index contributed by atoms with van der Waals surface area (Å²) < 4.78 is 1.79. The third kappa shape index (κ3) is 3.56. The van der Waals surface area contributed by atoms with Gasteiger partial charge in [-0.05, 0) is 39.3 Å². The van der Waals surface area contributed by atoms with E-state index < -0.39 is 11.5 Å². The van der Waals surface area contributed by atoms with Gasteiger partial charge in [0.15, 0.2) is 0 Å². The molecule has 0 bridgehead atoms. The number of hydrogen-bond donors (Lipinski definition) is 2. The number of aliphatic carboxylic acids is 1. The molecule has 5 heteroatoms. The molecule has 0 saturated heterocycles. The van der Waals surface area contributed by atoms with Crippen molar-refractivity contribution in [3.63, 3.8) is 0 Å². The van der Waals surface area contributed by atoms with Crippen LogP contribution in [0.2, 0.25) is 0 Å². The highest BCUT2D eigenvalue weighted by molar-refractivity contribution is 5.78. The first-order valence-electron chi connectivity index (χ1n) is 5.97. The maximum Gasteiger partial charge on any atom is 0.323 e. The molecule has 0 saturated carbocycles. The lowest BCUT2D eigenvalue weighted by Crippen LogP contribution is -2.51. The van der Waals surface area contributed by atoms with Gasteiger partial charge in [-0.1, -0.05) is 6.92 Å². The summed E-state index contributed by atoms with van der Waals surface area (Å²) in [5.74, 6) is -0.815. The molecule has 0 amide bonds. The zero-order valence-electron chi connectivity index (χ0n) is 10.7. The van der Waals surface area contributed by atoms with Crippen LogP contribution in [-0.2, 0) is 4.79 Å². The van der Waals surface area contributed by atoms with Gasteiger partial charge >= 0.3 is 5.97 Å². The number of aromatic nitrogens is 2. The first-order valence-corrected chi connectivity index (χ1v) is 5.97. The number of nitrogens with one attached hydrogen (secondary N) is 1. The van der Waals surface area contributed by atoms with Crippen LogP contribution in [0.15, 0.2) is 18.5 Å². The molecule has 5 nitrogen and oxygen atoms in total. The number of carboxylic acid groups (broad SMARTS) is 1. The molecule has 0 radical (unpaired) electrons. The third-order valence-electron chi connectivity index (χ3n) is 2.92. The standard InChI is InChI=1S/C12H21N3O2/c1-4-6-13-12(3,11(16)17)9-10(2)15-8-5-7-14-15/h5,7-8,10,13H,4,6,9H2,1-3H3,(H,16,17). The fourth-order valence-corrected chi connectivity index (χ4v) is 1.86. The third-order valence-corrected chi connectivity index (χ3v) is 2.92. The Morgan fingerprint density at radius 2 is 2.35 bits per heavy atom. The summed E-state index contributed by atoms with van der Waals surface area (Å²) in [6.45, 7) is 6.42. The van der Waals surface area contributed by atoms with E-state index in [2.05, 4.69) is 10.4 Å². The van der Waals surface area contributed by atoms with Crippen LogP contribution >= 0.6 is 0 Å². The van der Waals surface area contributed by atoms with Crippen LogP contribution in [0.4, 0.5) is 0 Å². The molecule has 2 atom stereocenters. The number of nitrogens with zero attached hydrogens (tertiary/aromatic N) is 2. The minimum Gasteiger partial charge on any atom is -0.480 e. The van der Waals surface area contributed by atoms with E-state index in [1.807, 2.05) is 26.1 Å². The summed E-state index contributed by atoms with van der Waals surface area (Å²) in [6.07, 6.45) is 4.98. The van der Waals surface area contributed by atoms with E-state index in [-0.39, 0.29) is 6.04 Å². The Bertz CT molecular complexity index is 351. The predicted molar refractivity (Wildman–Crippen MR) is 65.9 cm³/mol. The first kappa shape index (κ1) is 13.7. The van der Waals surface area contributed by atoms with Gasteiger partial charge in [0, 0.05) is 12.4 Å². The highest BCUT2D eigenvalue weighted by atomic mass is 16.4. The summed E-state index contributed by atoms with van der Waals surface area (Å²) in [6, 6.07) is 1.89. The second-order valence-electron chi connectivity index (χ2n) is 4.60. The van der Waals surface area contributed by atoms with Crippen LogP contribution in [0.5, 0.6) is 0 Å². The molecule has 0 aliphatic rings. The number of carboxylic acids is 1. The lowest BCUT2D eigenvalue weighted by atomic mass is 9.93. The van der Waals surface area contributed by atoms with E-state index in [0.717, 1.165) is 6.42 Å². The summed E-state index contributed by atoms with van der Waals surface area (Å²) in [7, 11) is 0. The van der Waals surface area contributed by atoms with E-state index in [1.165, 1.54) is 0 Å². The van der Waals surface area contributed by atoms with E-state index in [1.54, 1.807) is 17.8 Å². The summed E-state index contributed by atoms with van der Waals surface area (Å²) in [5.41, 5.74) is -0.901. The van der Waals surface area contributed by atoms with Crippen molar-refractivity contribution in [3.05, 3.63) is 18.5 Å². The molecule has 0 spiro atoms. The van der Waals surface area contributed by atoms with Crippen LogP contribution in [0.1, 0.15) is 39.7 Å². The van der Waals surface area contributed by atoms with Crippen molar-refractivity contribution in [2.75, 3.05) is 6.54 Å². The molecular weight excluding hydrogens is 218 g/mol. The quantitative estimate of drug-likeness (QED) is 0.759. The highest BCUT2D eigenvalue weighted by Gasteiger charge is 2.34. The van der Waals surface area contributed by atoms with Gasteiger partial charge < -0.3 is 10.4 Å². The molecule has 2 unspecified atom stereocenters. The summed E-state index contributed by atoms with van der Waals surface area (Å²) >= 11 is 0. The highest BCUT2D eigenvalue weighted by Crippen LogP contribution is 2.20. The molecule has 0 aromatic carbocycles. The molecule has 0 aliphatic carbocycles. The smallest absolute Gasteiger partial charge is 0.323 e. The largest absolute Gasteiger partial charge is 0.480 e. The number of carbonyl (C=O) groups is 1. The predicted octanol–water partition coefficient (Wildman–Crippen LogP) is 1.68. The van der Waals surface area contributed by atoms with Gasteiger partial charge in [-0.25, -0.2) is 0 Å². The van der Waals surface area contributed by atoms with Gasteiger partial charge in [-0.3, -0.25) is 9.48 Å². The van der Waals surface area contributed by atoms with Gasteiger partial charge in [-0.15, -0.1) is 0 Å². The molecule has 17 heavy (non-hydrogen) atoms. The Morgan fingerprint density at radius 1 is 1.65 bits per heavy atom. The maximum atomic E-state index is 11.3. The molecule has 2 N–H and O–H groups in total. The normalized spacial score (nSPS) is 16.4. The summed E-state index contributed by atoms with van der Waals surface area (Å²) in [4.78, 5) is 11.3. The first-order chi connectivity index (χ1) is 7.99. The SMILES string of the molecule is CCCNC(C)(CC(C)n1cccn1)C(=O)O. The van der Waals surface area contributed by atoms with E-state index in [0.29, 0.717) is 13.0 Å². The van der Waals surface area contributed by atoms with Crippen molar-refractivity contribution in [1.82, 2.24) is 15.1 Å². The fourth-order valence-electron chi connectivity index (χ4n) is 1.86. The van der Waals surface area contributed by atoms with Crippen molar-refractivity contribution in [3.8, 4) is 0 Å². The van der Waals surface area contributed by atoms with Crippen molar-refractivity contribution in [2.45, 2.75) is 45.2 Å². The second kappa shape index (κ2) is 5.82. The lowest BCUT2D eigenvalue weighted by Gasteiger charge is -2.29. The van der Waals surface area contributed by atoms with Crippen LogP contribution in [0.3, 0.4) is 0 Å². The number of hydrogen-bond acceptors (Lipinski definition) is 3. The van der Waals surface area contributed by atoms with Crippen molar-refractivity contribution >= 4 is 5.97 Å². The Kier molecular flexibility index (Phi) is 4.69. The Balaban J connectivity index is 2.69. The van der Waals surface area contributed by atoms with Crippen LogP contribution in [0.25, 0.3) is 0 Å². The van der Waals surface area contributed by atoms with Gasteiger partial charge in [0.25, 0.3) is 0 Å². The molecule has 1 rings (SSSR count). The Morgan fingerprint density at radius 3 is 2.82 bits per heavy atom. The second-order valence-corrected chi connectivity index (χ2v) is 4.60. The fraction of sp³-hybridized carbons (Fsp3) is 0.667. The average Bonchev–Trinajstić information content (AvgIpc) is 2.79. The Hall–Kier alpha value is -1.36. The van der Waals surface area contributed by atoms with Crippen LogP contribution < -0.4 is 5.32 Å². The van der Waals surface area contributed by atoms with Gasteiger partial charge in [0.2, 0.25) is 0 Å². The molecule has 1 aromatic rings. The van der Waals surface area contributed by atoms with E-state index >= 15 is 0 Å².